The van der Waals surface area contributed by atoms with Crippen LogP contribution in [-0.2, 0) is 11.3 Å². The lowest BCUT2D eigenvalue weighted by atomic mass is 10.3. The molecule has 8 heteroatoms. The van der Waals surface area contributed by atoms with E-state index < -0.39 is 0 Å². The van der Waals surface area contributed by atoms with E-state index in [1.807, 2.05) is 32.0 Å². The number of nitrogens with zero attached hydrogens (tertiary/aromatic N) is 4. The van der Waals surface area contributed by atoms with Crippen LogP contribution in [0.25, 0.3) is 16.6 Å². The number of furan rings is 1. The second-order valence-corrected chi connectivity index (χ2v) is 6.37. The van der Waals surface area contributed by atoms with E-state index >= 15 is 0 Å². The maximum Gasteiger partial charge on any atom is 0.291 e. The summed E-state index contributed by atoms with van der Waals surface area (Å²) in [5, 5.41) is 7.24. The zero-order valence-electron chi connectivity index (χ0n) is 14.8. The second kappa shape index (κ2) is 7.10. The van der Waals surface area contributed by atoms with Crippen molar-refractivity contribution in [1.82, 2.24) is 24.4 Å². The second-order valence-electron chi connectivity index (χ2n) is 6.37. The van der Waals surface area contributed by atoms with Gasteiger partial charge < -0.3 is 14.6 Å². The van der Waals surface area contributed by atoms with Gasteiger partial charge in [0.05, 0.1) is 11.8 Å². The molecule has 0 aliphatic rings. The molecule has 0 aliphatic carbocycles. The molecule has 0 spiro atoms. The number of rotatable bonds is 7. The summed E-state index contributed by atoms with van der Waals surface area (Å²) in [6.07, 6.45) is 2.53. The van der Waals surface area contributed by atoms with Gasteiger partial charge in [0.1, 0.15) is 11.3 Å². The average molecular weight is 345 g/mol. The van der Waals surface area contributed by atoms with E-state index in [1.54, 1.807) is 16.7 Å². The van der Waals surface area contributed by atoms with Gasteiger partial charge in [-0.25, -0.2) is 4.68 Å². The smallest absolute Gasteiger partial charge is 0.291 e. The molecule has 0 radical (unpaired) electrons. The average Bonchev–Trinajstić information content (AvgIpc) is 3.12. The third-order valence-electron chi connectivity index (χ3n) is 4.12. The SMILES string of the molecule is Cc1nn(CCCC(=O)NCCN(C)C)c(=O)c2cc3occc3n12. The molecule has 3 heterocycles. The fourth-order valence-corrected chi connectivity index (χ4v) is 2.88. The number of carbonyl (C=O) groups excluding carboxylic acids is 1. The van der Waals surface area contributed by atoms with Gasteiger partial charge in [0.2, 0.25) is 5.91 Å². The summed E-state index contributed by atoms with van der Waals surface area (Å²) in [6.45, 7) is 3.68. The van der Waals surface area contributed by atoms with Crippen molar-refractivity contribution in [2.24, 2.45) is 0 Å². The summed E-state index contributed by atoms with van der Waals surface area (Å²) >= 11 is 0. The van der Waals surface area contributed by atoms with Crippen LogP contribution in [0.4, 0.5) is 0 Å². The molecule has 0 aliphatic heterocycles. The lowest BCUT2D eigenvalue weighted by Gasteiger charge is -2.11. The molecule has 3 rings (SSSR count). The monoisotopic (exact) mass is 345 g/mol. The van der Waals surface area contributed by atoms with Crippen LogP contribution >= 0.6 is 0 Å². The number of hydrogen-bond acceptors (Lipinski definition) is 5. The first-order valence-corrected chi connectivity index (χ1v) is 8.35. The van der Waals surface area contributed by atoms with E-state index in [2.05, 4.69) is 10.4 Å². The molecule has 0 atom stereocenters. The Morgan fingerprint density at radius 2 is 2.16 bits per heavy atom. The van der Waals surface area contributed by atoms with Crippen molar-refractivity contribution in [2.45, 2.75) is 26.3 Å². The molecule has 8 nitrogen and oxygen atoms in total. The molecule has 25 heavy (non-hydrogen) atoms. The lowest BCUT2D eigenvalue weighted by Crippen LogP contribution is -2.31. The largest absolute Gasteiger partial charge is 0.463 e. The van der Waals surface area contributed by atoms with Gasteiger partial charge in [-0.15, -0.1) is 0 Å². The molecule has 1 N–H and O–H groups in total. The van der Waals surface area contributed by atoms with Gasteiger partial charge in [0, 0.05) is 38.2 Å². The maximum absolute atomic E-state index is 12.6. The van der Waals surface area contributed by atoms with Crippen LogP contribution in [-0.4, -0.2) is 52.2 Å². The van der Waals surface area contributed by atoms with Gasteiger partial charge >= 0.3 is 0 Å². The van der Waals surface area contributed by atoms with Crippen molar-refractivity contribution in [2.75, 3.05) is 27.2 Å². The highest BCUT2D eigenvalue weighted by molar-refractivity contribution is 5.82. The van der Waals surface area contributed by atoms with E-state index in [0.717, 1.165) is 12.1 Å². The van der Waals surface area contributed by atoms with Crippen LogP contribution in [0.3, 0.4) is 0 Å². The molecule has 1 amide bonds. The zero-order valence-corrected chi connectivity index (χ0v) is 14.8. The molecule has 3 aromatic rings. The Morgan fingerprint density at radius 3 is 2.92 bits per heavy atom. The van der Waals surface area contributed by atoms with Gasteiger partial charge in [0.15, 0.2) is 5.58 Å². The van der Waals surface area contributed by atoms with E-state index in [4.69, 9.17) is 4.42 Å². The number of nitrogens with one attached hydrogen (secondary N) is 1. The molecule has 3 aromatic heterocycles. The van der Waals surface area contributed by atoms with Crippen molar-refractivity contribution in [3.8, 4) is 0 Å². The van der Waals surface area contributed by atoms with Crippen LogP contribution in [0.15, 0.2) is 27.6 Å². The third kappa shape index (κ3) is 3.58. The molecule has 134 valence electrons. The predicted molar refractivity (Wildman–Crippen MR) is 94.8 cm³/mol. The van der Waals surface area contributed by atoms with E-state index in [-0.39, 0.29) is 11.5 Å². The minimum Gasteiger partial charge on any atom is -0.463 e. The lowest BCUT2D eigenvalue weighted by molar-refractivity contribution is -0.121. The van der Waals surface area contributed by atoms with Crippen LogP contribution in [0.5, 0.6) is 0 Å². The number of hydrogen-bond donors (Lipinski definition) is 1. The van der Waals surface area contributed by atoms with E-state index in [0.29, 0.717) is 42.9 Å². The Hall–Kier alpha value is -2.61. The zero-order chi connectivity index (χ0) is 18.0. The van der Waals surface area contributed by atoms with Crippen molar-refractivity contribution in [3.63, 3.8) is 0 Å². The highest BCUT2D eigenvalue weighted by Crippen LogP contribution is 2.19. The van der Waals surface area contributed by atoms with Gasteiger partial charge in [0.25, 0.3) is 5.56 Å². The first-order chi connectivity index (χ1) is 12.0. The Kier molecular flexibility index (Phi) is 4.89. The van der Waals surface area contributed by atoms with Crippen LogP contribution in [0.1, 0.15) is 18.7 Å². The molecule has 0 fully saturated rings. The summed E-state index contributed by atoms with van der Waals surface area (Å²) in [7, 11) is 3.92. The first kappa shape index (κ1) is 17.2. The van der Waals surface area contributed by atoms with Crippen molar-refractivity contribution < 1.29 is 9.21 Å². The fraction of sp³-hybridized carbons (Fsp3) is 0.471. The molecule has 0 bridgehead atoms. The Balaban J connectivity index is 1.67. The summed E-state index contributed by atoms with van der Waals surface area (Å²) in [5.41, 5.74) is 1.87. The molecule has 0 saturated carbocycles. The number of fused-ring (bicyclic) bond motifs is 3. The molecule has 0 unspecified atom stereocenters. The molecule has 0 aromatic carbocycles. The van der Waals surface area contributed by atoms with Crippen molar-refractivity contribution >= 4 is 22.5 Å². The highest BCUT2D eigenvalue weighted by Gasteiger charge is 2.13. The fourth-order valence-electron chi connectivity index (χ4n) is 2.88. The van der Waals surface area contributed by atoms with Crippen molar-refractivity contribution in [3.05, 3.63) is 34.6 Å². The minimum atomic E-state index is -0.176. The van der Waals surface area contributed by atoms with E-state index in [9.17, 15) is 9.59 Å². The number of aromatic nitrogens is 3. The topological polar surface area (TPSA) is 84.8 Å². The predicted octanol–water partition coefficient (Wildman–Crippen LogP) is 1.01. The Morgan fingerprint density at radius 1 is 1.36 bits per heavy atom. The minimum absolute atomic E-state index is 0.00658. The summed E-state index contributed by atoms with van der Waals surface area (Å²) < 4.78 is 8.59. The molecular formula is C17H23N5O3. The van der Waals surface area contributed by atoms with Crippen LogP contribution in [0, 0.1) is 6.92 Å². The van der Waals surface area contributed by atoms with Gasteiger partial charge in [-0.05, 0) is 27.4 Å². The summed E-state index contributed by atoms with van der Waals surface area (Å²) in [6, 6.07) is 3.55. The normalized spacial score (nSPS) is 11.7. The highest BCUT2D eigenvalue weighted by atomic mass is 16.3. The third-order valence-corrected chi connectivity index (χ3v) is 4.12. The summed E-state index contributed by atoms with van der Waals surface area (Å²) in [4.78, 5) is 26.4. The molecular weight excluding hydrogens is 322 g/mol. The van der Waals surface area contributed by atoms with Gasteiger partial charge in [-0.1, -0.05) is 0 Å². The standard InChI is InChI=1S/C17H23N5O3/c1-12-19-21(8-4-5-16(23)18-7-9-20(2)3)17(24)14-11-15-13(22(12)14)6-10-25-15/h6,10-11H,4-5,7-9H2,1-3H3,(H,18,23). The Bertz CT molecular complexity index is 950. The van der Waals surface area contributed by atoms with Gasteiger partial charge in [-0.2, -0.15) is 5.10 Å². The van der Waals surface area contributed by atoms with E-state index in [1.165, 1.54) is 4.68 Å². The number of aryl methyl sites for hydroxylation is 2. The molecule has 0 saturated heterocycles. The summed E-state index contributed by atoms with van der Waals surface area (Å²) in [5.74, 6) is 0.703. The maximum atomic E-state index is 12.6. The first-order valence-electron chi connectivity index (χ1n) is 8.35. The van der Waals surface area contributed by atoms with Crippen LogP contribution in [0.2, 0.25) is 0 Å². The van der Waals surface area contributed by atoms with Crippen LogP contribution < -0.4 is 10.9 Å². The number of amides is 1. The van der Waals surface area contributed by atoms with Gasteiger partial charge in [-0.3, -0.25) is 14.0 Å². The Labute approximate surface area is 145 Å². The number of carbonyl (C=O) groups is 1. The number of likely N-dealkylation sites (N-methyl/N-ethyl adjacent to an activating group) is 1. The quantitative estimate of drug-likeness (QED) is 0.691. The van der Waals surface area contributed by atoms with Crippen molar-refractivity contribution in [1.29, 1.82) is 0 Å².